The van der Waals surface area contributed by atoms with Crippen LogP contribution in [0.2, 0.25) is 0 Å². The van der Waals surface area contributed by atoms with Crippen LogP contribution in [0.15, 0.2) is 41.6 Å². The summed E-state index contributed by atoms with van der Waals surface area (Å²) in [7, 11) is -3.78. The number of pyridine rings is 1. The van der Waals surface area contributed by atoms with Crippen LogP contribution in [0.3, 0.4) is 0 Å². The molecule has 0 saturated heterocycles. The van der Waals surface area contributed by atoms with Crippen molar-refractivity contribution in [2.24, 2.45) is 5.73 Å². The van der Waals surface area contributed by atoms with Gasteiger partial charge in [0.25, 0.3) is 0 Å². The lowest BCUT2D eigenvalue weighted by Crippen LogP contribution is -2.38. The second-order valence-corrected chi connectivity index (χ2v) is 6.56. The number of aromatic nitrogens is 1. The minimum atomic E-state index is -3.78. The molecule has 0 unspecified atom stereocenters. The molecule has 0 aliphatic carbocycles. The van der Waals surface area contributed by atoms with E-state index in [1.54, 1.807) is 30.6 Å². The SMILES string of the molecule is CCCN(CC(N)=O)S(=O)(=O)c1cccc2cnccc12. The van der Waals surface area contributed by atoms with Gasteiger partial charge < -0.3 is 5.73 Å². The second-order valence-electron chi connectivity index (χ2n) is 4.66. The second kappa shape index (κ2) is 6.19. The molecule has 21 heavy (non-hydrogen) atoms. The molecule has 0 aliphatic rings. The number of nitrogens with zero attached hydrogens (tertiary/aromatic N) is 2. The molecule has 0 fully saturated rings. The Hall–Kier alpha value is -1.99. The molecule has 2 aromatic rings. The zero-order valence-electron chi connectivity index (χ0n) is 11.7. The average Bonchev–Trinajstić information content (AvgIpc) is 2.45. The maximum Gasteiger partial charge on any atom is 0.244 e. The molecule has 1 heterocycles. The van der Waals surface area contributed by atoms with Gasteiger partial charge in [-0.2, -0.15) is 4.31 Å². The topological polar surface area (TPSA) is 93.4 Å². The zero-order valence-corrected chi connectivity index (χ0v) is 12.5. The van der Waals surface area contributed by atoms with Gasteiger partial charge in [0.05, 0.1) is 11.4 Å². The van der Waals surface area contributed by atoms with Crippen molar-refractivity contribution in [1.29, 1.82) is 0 Å². The molecule has 112 valence electrons. The molecule has 0 spiro atoms. The van der Waals surface area contributed by atoms with E-state index in [-0.39, 0.29) is 18.0 Å². The van der Waals surface area contributed by atoms with E-state index in [2.05, 4.69) is 4.98 Å². The van der Waals surface area contributed by atoms with E-state index in [0.717, 1.165) is 9.69 Å². The number of fused-ring (bicyclic) bond motifs is 1. The van der Waals surface area contributed by atoms with Crippen molar-refractivity contribution in [3.8, 4) is 0 Å². The summed E-state index contributed by atoms with van der Waals surface area (Å²) in [5, 5.41) is 1.31. The van der Waals surface area contributed by atoms with Gasteiger partial charge in [-0.05, 0) is 18.6 Å². The van der Waals surface area contributed by atoms with Gasteiger partial charge in [-0.1, -0.05) is 19.1 Å². The lowest BCUT2D eigenvalue weighted by Gasteiger charge is -2.21. The van der Waals surface area contributed by atoms with E-state index in [4.69, 9.17) is 5.73 Å². The third kappa shape index (κ3) is 3.20. The molecule has 2 N–H and O–H groups in total. The van der Waals surface area contributed by atoms with Crippen molar-refractivity contribution in [3.05, 3.63) is 36.7 Å². The fraction of sp³-hybridized carbons (Fsp3) is 0.286. The number of amides is 1. The van der Waals surface area contributed by atoms with Gasteiger partial charge >= 0.3 is 0 Å². The number of hydrogen-bond acceptors (Lipinski definition) is 4. The molecule has 1 aromatic heterocycles. The normalized spacial score (nSPS) is 11.9. The van der Waals surface area contributed by atoms with Gasteiger partial charge in [-0.25, -0.2) is 8.42 Å². The van der Waals surface area contributed by atoms with Gasteiger partial charge in [-0.15, -0.1) is 0 Å². The first-order valence-electron chi connectivity index (χ1n) is 6.58. The molecule has 0 radical (unpaired) electrons. The first-order valence-corrected chi connectivity index (χ1v) is 8.02. The molecular formula is C14H17N3O3S. The number of nitrogens with two attached hydrogens (primary N) is 1. The number of sulfonamides is 1. The van der Waals surface area contributed by atoms with Crippen molar-refractivity contribution in [3.63, 3.8) is 0 Å². The van der Waals surface area contributed by atoms with Crippen LogP contribution in [-0.4, -0.2) is 36.7 Å². The van der Waals surface area contributed by atoms with Crippen molar-refractivity contribution in [1.82, 2.24) is 9.29 Å². The van der Waals surface area contributed by atoms with Crippen molar-refractivity contribution >= 4 is 26.7 Å². The molecule has 0 atom stereocenters. The Bertz CT molecular complexity index is 754. The predicted octanol–water partition coefficient (Wildman–Crippen LogP) is 1.12. The van der Waals surface area contributed by atoms with Crippen LogP contribution in [-0.2, 0) is 14.8 Å². The van der Waals surface area contributed by atoms with E-state index in [9.17, 15) is 13.2 Å². The fourth-order valence-corrected chi connectivity index (χ4v) is 3.88. The highest BCUT2D eigenvalue weighted by Gasteiger charge is 2.26. The molecular weight excluding hydrogens is 290 g/mol. The van der Waals surface area contributed by atoms with Gasteiger partial charge in [0, 0.05) is 29.7 Å². The van der Waals surface area contributed by atoms with E-state index < -0.39 is 15.9 Å². The highest BCUT2D eigenvalue weighted by molar-refractivity contribution is 7.89. The quantitative estimate of drug-likeness (QED) is 0.865. The minimum Gasteiger partial charge on any atom is -0.369 e. The molecule has 7 heteroatoms. The van der Waals surface area contributed by atoms with Crippen LogP contribution >= 0.6 is 0 Å². The van der Waals surface area contributed by atoms with Crippen molar-refractivity contribution in [2.75, 3.05) is 13.1 Å². The number of primary amides is 1. The van der Waals surface area contributed by atoms with Crippen molar-refractivity contribution in [2.45, 2.75) is 18.2 Å². The maximum absolute atomic E-state index is 12.8. The smallest absolute Gasteiger partial charge is 0.244 e. The average molecular weight is 307 g/mol. The van der Waals surface area contributed by atoms with Gasteiger partial charge in [-0.3, -0.25) is 9.78 Å². The summed E-state index contributed by atoms with van der Waals surface area (Å²) in [5.41, 5.74) is 5.16. The molecule has 0 saturated carbocycles. The molecule has 1 aromatic carbocycles. The highest BCUT2D eigenvalue weighted by atomic mass is 32.2. The summed E-state index contributed by atoms with van der Waals surface area (Å²) < 4.78 is 26.7. The Kier molecular flexibility index (Phi) is 4.54. The van der Waals surface area contributed by atoms with Crippen LogP contribution in [0.5, 0.6) is 0 Å². The zero-order chi connectivity index (χ0) is 15.5. The largest absolute Gasteiger partial charge is 0.369 e. The Labute approximate surface area is 123 Å². The predicted molar refractivity (Wildman–Crippen MR) is 80.0 cm³/mol. The first kappa shape index (κ1) is 15.4. The standard InChI is InChI=1S/C14H17N3O3S/c1-2-8-17(10-14(15)18)21(19,20)13-5-3-4-11-9-16-7-6-12(11)13/h3-7,9H,2,8,10H2,1H3,(H2,15,18). The fourth-order valence-electron chi connectivity index (χ4n) is 2.16. The van der Waals surface area contributed by atoms with E-state index in [1.807, 2.05) is 6.92 Å². The summed E-state index contributed by atoms with van der Waals surface area (Å²) in [6.07, 6.45) is 3.74. The third-order valence-electron chi connectivity index (χ3n) is 3.06. The Morgan fingerprint density at radius 2 is 2.10 bits per heavy atom. The number of carbonyl (C=O) groups excluding carboxylic acids is 1. The van der Waals surface area contributed by atoms with Crippen LogP contribution in [0.25, 0.3) is 10.8 Å². The van der Waals surface area contributed by atoms with Gasteiger partial charge in [0.1, 0.15) is 0 Å². The lowest BCUT2D eigenvalue weighted by atomic mass is 10.2. The minimum absolute atomic E-state index is 0.164. The third-order valence-corrected chi connectivity index (χ3v) is 4.97. The Balaban J connectivity index is 2.56. The first-order chi connectivity index (χ1) is 9.96. The number of benzene rings is 1. The van der Waals surface area contributed by atoms with E-state index >= 15 is 0 Å². The van der Waals surface area contributed by atoms with E-state index in [0.29, 0.717) is 11.8 Å². The highest BCUT2D eigenvalue weighted by Crippen LogP contribution is 2.25. The number of rotatable bonds is 6. The lowest BCUT2D eigenvalue weighted by molar-refractivity contribution is -0.118. The summed E-state index contributed by atoms with van der Waals surface area (Å²) in [5.74, 6) is -0.672. The Morgan fingerprint density at radius 3 is 2.76 bits per heavy atom. The monoisotopic (exact) mass is 307 g/mol. The Morgan fingerprint density at radius 1 is 1.33 bits per heavy atom. The maximum atomic E-state index is 12.8. The molecule has 2 rings (SSSR count). The number of carbonyl (C=O) groups is 1. The van der Waals surface area contributed by atoms with Crippen molar-refractivity contribution < 1.29 is 13.2 Å². The van der Waals surface area contributed by atoms with E-state index in [1.165, 1.54) is 6.07 Å². The van der Waals surface area contributed by atoms with Crippen LogP contribution in [0.4, 0.5) is 0 Å². The summed E-state index contributed by atoms with van der Waals surface area (Å²) >= 11 is 0. The van der Waals surface area contributed by atoms with Gasteiger partial charge in [0.2, 0.25) is 15.9 Å². The molecule has 0 aliphatic heterocycles. The van der Waals surface area contributed by atoms with Crippen LogP contribution in [0.1, 0.15) is 13.3 Å². The van der Waals surface area contributed by atoms with Gasteiger partial charge in [0.15, 0.2) is 0 Å². The molecule has 1 amide bonds. The molecule has 6 nitrogen and oxygen atoms in total. The van der Waals surface area contributed by atoms with Crippen LogP contribution in [0, 0.1) is 0 Å². The summed E-state index contributed by atoms with van der Waals surface area (Å²) in [6, 6.07) is 6.63. The summed E-state index contributed by atoms with van der Waals surface area (Å²) in [6.45, 7) is 1.76. The number of hydrogen-bond donors (Lipinski definition) is 1. The summed E-state index contributed by atoms with van der Waals surface area (Å²) in [4.78, 5) is 15.3. The molecule has 0 bridgehead atoms. The van der Waals surface area contributed by atoms with Crippen LogP contribution < -0.4 is 5.73 Å².